The topological polar surface area (TPSA) is 116 Å². The van der Waals surface area contributed by atoms with Crippen molar-refractivity contribution in [3.05, 3.63) is 88.0 Å². The molecule has 0 spiro atoms. The summed E-state index contributed by atoms with van der Waals surface area (Å²) in [6.07, 6.45) is 1.24. The predicted molar refractivity (Wildman–Crippen MR) is 144 cm³/mol. The molecule has 1 N–H and O–H groups in total. The molecule has 4 aromatic rings. The second kappa shape index (κ2) is 11.2. The normalized spacial score (nSPS) is 14.7. The first-order chi connectivity index (χ1) is 19.8. The number of aromatic hydroxyl groups is 1. The van der Waals surface area contributed by atoms with Crippen LogP contribution in [0.1, 0.15) is 28.4 Å². The number of aromatic nitrogens is 3. The van der Waals surface area contributed by atoms with E-state index < -0.39 is 40.5 Å². The maximum absolute atomic E-state index is 14.4. The van der Waals surface area contributed by atoms with Gasteiger partial charge in [0.2, 0.25) is 5.88 Å². The standard InChI is InChI=1S/C29H26F2N4O6/c1-39-19-7-4-6-16(12-19)26-33-27(36)23(29(38)35(26)25-21(40-2)8-5-9-22(25)41-3)28(37)34-11-10-17(15-34)24-20(31)13-18(30)14-32-24/h4-9,12-14,17,36H,10-11,15H2,1-3H3. The highest BCUT2D eigenvalue weighted by Gasteiger charge is 2.35. The third kappa shape index (κ3) is 5.04. The predicted octanol–water partition coefficient (Wildman–Crippen LogP) is 3.93. The van der Waals surface area contributed by atoms with Gasteiger partial charge in [-0.15, -0.1) is 0 Å². The number of amides is 1. The van der Waals surface area contributed by atoms with Gasteiger partial charge in [-0.2, -0.15) is 4.98 Å². The Labute approximate surface area is 233 Å². The number of pyridine rings is 1. The molecule has 0 radical (unpaired) electrons. The van der Waals surface area contributed by atoms with Gasteiger partial charge in [0.25, 0.3) is 11.5 Å². The van der Waals surface area contributed by atoms with Crippen molar-refractivity contribution < 1.29 is 32.9 Å². The van der Waals surface area contributed by atoms with Crippen LogP contribution in [0.15, 0.2) is 59.5 Å². The van der Waals surface area contributed by atoms with Crippen LogP contribution in [-0.4, -0.2) is 64.9 Å². The maximum Gasteiger partial charge on any atom is 0.275 e. The zero-order valence-corrected chi connectivity index (χ0v) is 22.4. The number of hydrogen-bond acceptors (Lipinski definition) is 8. The van der Waals surface area contributed by atoms with Gasteiger partial charge < -0.3 is 24.2 Å². The van der Waals surface area contributed by atoms with E-state index in [2.05, 4.69) is 9.97 Å². The van der Waals surface area contributed by atoms with Crippen LogP contribution >= 0.6 is 0 Å². The third-order valence-electron chi connectivity index (χ3n) is 6.93. The van der Waals surface area contributed by atoms with Crippen molar-refractivity contribution in [2.75, 3.05) is 34.4 Å². The first-order valence-electron chi connectivity index (χ1n) is 12.6. The SMILES string of the molecule is COc1cccc(-c2nc(O)c(C(=O)N3CCC(c4ncc(F)cc4F)C3)c(=O)n2-c2c(OC)cccc2OC)c1. The van der Waals surface area contributed by atoms with E-state index in [0.29, 0.717) is 17.7 Å². The number of carbonyl (C=O) groups is 1. The van der Waals surface area contributed by atoms with Gasteiger partial charge in [0.1, 0.15) is 34.6 Å². The molecule has 0 aliphatic carbocycles. The van der Waals surface area contributed by atoms with Crippen LogP contribution in [0.2, 0.25) is 0 Å². The fourth-order valence-electron chi connectivity index (χ4n) is 4.96. The lowest BCUT2D eigenvalue weighted by Crippen LogP contribution is -2.36. The Hall–Kier alpha value is -5.00. The summed E-state index contributed by atoms with van der Waals surface area (Å²) in [5.41, 5.74) is -0.870. The Morgan fingerprint density at radius 1 is 1.02 bits per heavy atom. The Balaban J connectivity index is 1.66. The van der Waals surface area contributed by atoms with Crippen LogP contribution in [-0.2, 0) is 0 Å². The van der Waals surface area contributed by atoms with Gasteiger partial charge in [-0.05, 0) is 30.7 Å². The number of halogens is 2. The van der Waals surface area contributed by atoms with Gasteiger partial charge in [0.05, 0.1) is 33.2 Å². The van der Waals surface area contributed by atoms with Crippen LogP contribution in [0, 0.1) is 11.6 Å². The number of ether oxygens (including phenoxy) is 3. The summed E-state index contributed by atoms with van der Waals surface area (Å²) < 4.78 is 45.3. The Morgan fingerprint density at radius 2 is 1.73 bits per heavy atom. The number of para-hydroxylation sites is 1. The van der Waals surface area contributed by atoms with E-state index >= 15 is 0 Å². The van der Waals surface area contributed by atoms with Crippen LogP contribution < -0.4 is 19.8 Å². The van der Waals surface area contributed by atoms with E-state index in [4.69, 9.17) is 14.2 Å². The molecule has 0 saturated carbocycles. The molecule has 1 fully saturated rings. The first-order valence-corrected chi connectivity index (χ1v) is 12.6. The van der Waals surface area contributed by atoms with Gasteiger partial charge in [-0.3, -0.25) is 19.1 Å². The minimum absolute atomic E-state index is 0.00244. The summed E-state index contributed by atoms with van der Waals surface area (Å²) in [6, 6.07) is 12.3. The molecule has 2 aromatic carbocycles. The highest BCUT2D eigenvalue weighted by molar-refractivity contribution is 5.96. The van der Waals surface area contributed by atoms with Crippen molar-refractivity contribution >= 4 is 5.91 Å². The molecule has 10 nitrogen and oxygen atoms in total. The fraction of sp³-hybridized carbons (Fsp3) is 0.241. The van der Waals surface area contributed by atoms with Crippen LogP contribution in [0.4, 0.5) is 8.78 Å². The number of methoxy groups -OCH3 is 3. The number of hydrogen-bond donors (Lipinski definition) is 1. The quantitative estimate of drug-likeness (QED) is 0.359. The molecule has 1 atom stereocenters. The van der Waals surface area contributed by atoms with Crippen molar-refractivity contribution in [2.45, 2.75) is 12.3 Å². The average molecular weight is 565 g/mol. The van der Waals surface area contributed by atoms with E-state index in [1.54, 1.807) is 42.5 Å². The van der Waals surface area contributed by atoms with E-state index in [1.165, 1.54) is 26.2 Å². The summed E-state index contributed by atoms with van der Waals surface area (Å²) >= 11 is 0. The van der Waals surface area contributed by atoms with Gasteiger partial charge in [-0.1, -0.05) is 18.2 Å². The highest BCUT2D eigenvalue weighted by atomic mass is 19.1. The van der Waals surface area contributed by atoms with Crippen molar-refractivity contribution in [1.82, 2.24) is 19.4 Å². The van der Waals surface area contributed by atoms with Gasteiger partial charge >= 0.3 is 0 Å². The lowest BCUT2D eigenvalue weighted by atomic mass is 10.0. The van der Waals surface area contributed by atoms with Crippen molar-refractivity contribution in [3.63, 3.8) is 0 Å². The summed E-state index contributed by atoms with van der Waals surface area (Å²) in [5.74, 6) is -2.76. The van der Waals surface area contributed by atoms with Gasteiger partial charge in [0, 0.05) is 30.6 Å². The molecule has 1 saturated heterocycles. The Bertz CT molecular complexity index is 1670. The monoisotopic (exact) mass is 564 g/mol. The summed E-state index contributed by atoms with van der Waals surface area (Å²) in [6.45, 7) is 0.152. The second-order valence-electron chi connectivity index (χ2n) is 9.28. The van der Waals surface area contributed by atoms with E-state index in [9.17, 15) is 23.5 Å². The zero-order valence-electron chi connectivity index (χ0n) is 22.4. The maximum atomic E-state index is 14.4. The summed E-state index contributed by atoms with van der Waals surface area (Å²) in [7, 11) is 4.32. The average Bonchev–Trinajstić information content (AvgIpc) is 3.46. The minimum atomic E-state index is -0.877. The molecule has 41 heavy (non-hydrogen) atoms. The third-order valence-corrected chi connectivity index (χ3v) is 6.93. The summed E-state index contributed by atoms with van der Waals surface area (Å²) in [5, 5.41) is 11.0. The van der Waals surface area contributed by atoms with Crippen LogP contribution in [0.3, 0.4) is 0 Å². The highest BCUT2D eigenvalue weighted by Crippen LogP contribution is 2.36. The van der Waals surface area contributed by atoms with Crippen molar-refractivity contribution in [1.29, 1.82) is 0 Å². The number of nitrogens with zero attached hydrogens (tertiary/aromatic N) is 4. The molecule has 1 unspecified atom stereocenters. The number of likely N-dealkylation sites (tertiary alicyclic amines) is 1. The molecule has 5 rings (SSSR count). The molecule has 1 aliphatic heterocycles. The van der Waals surface area contributed by atoms with Gasteiger partial charge in [0.15, 0.2) is 11.4 Å². The first kappa shape index (κ1) is 27.6. The van der Waals surface area contributed by atoms with Crippen molar-refractivity contribution in [2.24, 2.45) is 0 Å². The molecule has 2 aromatic heterocycles. The van der Waals surface area contributed by atoms with Crippen LogP contribution in [0.5, 0.6) is 23.1 Å². The second-order valence-corrected chi connectivity index (χ2v) is 9.28. The molecule has 0 bridgehead atoms. The molecule has 212 valence electrons. The lowest BCUT2D eigenvalue weighted by molar-refractivity contribution is 0.0784. The molecule has 1 amide bonds. The van der Waals surface area contributed by atoms with E-state index in [-0.39, 0.29) is 41.8 Å². The smallest absolute Gasteiger partial charge is 0.275 e. The summed E-state index contributed by atoms with van der Waals surface area (Å²) in [4.78, 5) is 37.3. The Morgan fingerprint density at radius 3 is 2.39 bits per heavy atom. The van der Waals surface area contributed by atoms with Crippen LogP contribution in [0.25, 0.3) is 17.1 Å². The number of rotatable bonds is 7. The van der Waals surface area contributed by atoms with Gasteiger partial charge in [-0.25, -0.2) is 8.78 Å². The molecule has 3 heterocycles. The minimum Gasteiger partial charge on any atom is -0.497 e. The zero-order chi connectivity index (χ0) is 29.3. The largest absolute Gasteiger partial charge is 0.497 e. The molecular formula is C29H26F2N4O6. The lowest BCUT2D eigenvalue weighted by Gasteiger charge is -2.21. The Kier molecular flexibility index (Phi) is 7.56. The molecule has 12 heteroatoms. The number of benzene rings is 2. The number of carbonyl (C=O) groups excluding carboxylic acids is 1. The van der Waals surface area contributed by atoms with E-state index in [0.717, 1.165) is 16.8 Å². The molecule has 1 aliphatic rings. The van der Waals surface area contributed by atoms with Crippen molar-refractivity contribution in [3.8, 4) is 40.2 Å². The molecular weight excluding hydrogens is 538 g/mol. The fourth-order valence-corrected chi connectivity index (χ4v) is 4.96. The van der Waals surface area contributed by atoms with E-state index in [1.807, 2.05) is 0 Å².